The van der Waals surface area contributed by atoms with Gasteiger partial charge in [-0.3, -0.25) is 4.79 Å². The van der Waals surface area contributed by atoms with Gasteiger partial charge >= 0.3 is 5.97 Å². The van der Waals surface area contributed by atoms with Crippen molar-refractivity contribution in [1.82, 2.24) is 0 Å². The normalized spacial score (nSPS) is 11.9. The summed E-state index contributed by atoms with van der Waals surface area (Å²) in [5, 5.41) is 18.0. The molecule has 0 spiro atoms. The molecule has 1 aromatic rings. The predicted molar refractivity (Wildman–Crippen MR) is 62.5 cm³/mol. The summed E-state index contributed by atoms with van der Waals surface area (Å²) in [5.74, 6) is -0.770. The van der Waals surface area contributed by atoms with Gasteiger partial charge in [-0.15, -0.1) is 0 Å². The number of hydrogen-bond acceptors (Lipinski definition) is 2. The van der Waals surface area contributed by atoms with E-state index in [2.05, 4.69) is 0 Å². The van der Waals surface area contributed by atoms with Crippen LogP contribution < -0.4 is 0 Å². The molecule has 0 aliphatic heterocycles. The standard InChI is InChI=1S/C13H16O3/c1-9(2)7-11(8-13(15)16)10-3-5-12(14)6-4-10/h3-7,11,14H,8H2,1-2H3,(H,15,16)/t11-/m1/s1. The molecule has 0 aliphatic carbocycles. The van der Waals surface area contributed by atoms with Crippen molar-refractivity contribution in [2.75, 3.05) is 0 Å². The summed E-state index contributed by atoms with van der Waals surface area (Å²) in [7, 11) is 0. The van der Waals surface area contributed by atoms with Crippen LogP contribution in [0, 0.1) is 0 Å². The summed E-state index contributed by atoms with van der Waals surface area (Å²) in [4.78, 5) is 10.8. The molecule has 0 unspecified atom stereocenters. The lowest BCUT2D eigenvalue weighted by molar-refractivity contribution is -0.137. The lowest BCUT2D eigenvalue weighted by Gasteiger charge is -2.11. The van der Waals surface area contributed by atoms with Gasteiger partial charge in [0, 0.05) is 5.92 Å². The number of aliphatic carboxylic acids is 1. The lowest BCUT2D eigenvalue weighted by Crippen LogP contribution is -2.04. The predicted octanol–water partition coefficient (Wildman–Crippen LogP) is 2.92. The van der Waals surface area contributed by atoms with Crippen molar-refractivity contribution < 1.29 is 15.0 Å². The molecule has 0 amide bonds. The minimum absolute atomic E-state index is 0.0654. The van der Waals surface area contributed by atoms with E-state index < -0.39 is 5.97 Å². The smallest absolute Gasteiger partial charge is 0.304 e. The highest BCUT2D eigenvalue weighted by Crippen LogP contribution is 2.24. The van der Waals surface area contributed by atoms with Gasteiger partial charge < -0.3 is 10.2 Å². The van der Waals surface area contributed by atoms with Crippen molar-refractivity contribution in [3.63, 3.8) is 0 Å². The third-order valence-electron chi connectivity index (χ3n) is 2.25. The van der Waals surface area contributed by atoms with Gasteiger partial charge in [0.2, 0.25) is 0 Å². The number of hydrogen-bond donors (Lipinski definition) is 2. The van der Waals surface area contributed by atoms with E-state index in [4.69, 9.17) is 5.11 Å². The Morgan fingerprint density at radius 1 is 1.31 bits per heavy atom. The average Bonchev–Trinajstić information content (AvgIpc) is 2.16. The van der Waals surface area contributed by atoms with Crippen LogP contribution in [0.3, 0.4) is 0 Å². The molecule has 16 heavy (non-hydrogen) atoms. The average molecular weight is 220 g/mol. The van der Waals surface area contributed by atoms with Gasteiger partial charge in [0.25, 0.3) is 0 Å². The van der Waals surface area contributed by atoms with Crippen molar-refractivity contribution >= 4 is 5.97 Å². The highest BCUT2D eigenvalue weighted by Gasteiger charge is 2.12. The fourth-order valence-corrected chi connectivity index (χ4v) is 1.59. The fourth-order valence-electron chi connectivity index (χ4n) is 1.59. The topological polar surface area (TPSA) is 57.5 Å². The Kier molecular flexibility index (Phi) is 4.11. The Bertz CT molecular complexity index is 386. The zero-order valence-electron chi connectivity index (χ0n) is 9.47. The zero-order valence-corrected chi connectivity index (χ0v) is 9.47. The molecule has 2 N–H and O–H groups in total. The molecule has 0 saturated heterocycles. The van der Waals surface area contributed by atoms with Crippen LogP contribution in [0.1, 0.15) is 31.7 Å². The van der Waals surface area contributed by atoms with E-state index >= 15 is 0 Å². The Morgan fingerprint density at radius 2 is 1.88 bits per heavy atom. The molecule has 3 heteroatoms. The Labute approximate surface area is 95.0 Å². The van der Waals surface area contributed by atoms with Gasteiger partial charge in [-0.2, -0.15) is 0 Å². The van der Waals surface area contributed by atoms with Gasteiger partial charge in [-0.25, -0.2) is 0 Å². The number of phenols is 1. The summed E-state index contributed by atoms with van der Waals surface area (Å²) < 4.78 is 0. The molecule has 1 rings (SSSR count). The third kappa shape index (κ3) is 3.77. The Balaban J connectivity index is 2.96. The number of allylic oxidation sites excluding steroid dienone is 2. The molecule has 0 radical (unpaired) electrons. The molecule has 0 heterocycles. The van der Waals surface area contributed by atoms with Crippen molar-refractivity contribution in [3.05, 3.63) is 41.5 Å². The van der Waals surface area contributed by atoms with Crippen LogP contribution in [0.5, 0.6) is 5.75 Å². The number of carboxylic acids is 1. The maximum absolute atomic E-state index is 10.8. The van der Waals surface area contributed by atoms with Crippen LogP contribution in [0.25, 0.3) is 0 Å². The summed E-state index contributed by atoms with van der Waals surface area (Å²) >= 11 is 0. The second-order valence-electron chi connectivity index (χ2n) is 4.04. The molecule has 1 atom stereocenters. The lowest BCUT2D eigenvalue weighted by atomic mass is 9.94. The molecule has 0 saturated carbocycles. The summed E-state index contributed by atoms with van der Waals surface area (Å²) in [6.45, 7) is 3.88. The zero-order chi connectivity index (χ0) is 12.1. The molecule has 0 aliphatic rings. The Hall–Kier alpha value is -1.77. The van der Waals surface area contributed by atoms with E-state index in [1.54, 1.807) is 24.3 Å². The second-order valence-corrected chi connectivity index (χ2v) is 4.04. The summed E-state index contributed by atoms with van der Waals surface area (Å²) in [6.07, 6.45) is 2.00. The highest BCUT2D eigenvalue weighted by molar-refractivity contribution is 5.68. The van der Waals surface area contributed by atoms with Crippen LogP contribution in [0.4, 0.5) is 0 Å². The number of benzene rings is 1. The van der Waals surface area contributed by atoms with Gasteiger partial charge in [-0.1, -0.05) is 23.8 Å². The maximum Gasteiger partial charge on any atom is 0.304 e. The van der Waals surface area contributed by atoms with Crippen LogP contribution in [-0.4, -0.2) is 16.2 Å². The van der Waals surface area contributed by atoms with E-state index in [-0.39, 0.29) is 18.1 Å². The first-order valence-corrected chi connectivity index (χ1v) is 5.15. The van der Waals surface area contributed by atoms with E-state index in [0.29, 0.717) is 0 Å². The van der Waals surface area contributed by atoms with E-state index in [1.165, 1.54) is 0 Å². The molecule has 86 valence electrons. The molecule has 1 aromatic carbocycles. The number of carboxylic acid groups (broad SMARTS) is 1. The summed E-state index contributed by atoms with van der Waals surface area (Å²) in [5.41, 5.74) is 1.99. The molecule has 0 bridgehead atoms. The number of phenolic OH excluding ortho intramolecular Hbond substituents is 1. The van der Waals surface area contributed by atoms with Crippen molar-refractivity contribution in [3.8, 4) is 5.75 Å². The molecule has 0 fully saturated rings. The highest BCUT2D eigenvalue weighted by atomic mass is 16.4. The van der Waals surface area contributed by atoms with Gasteiger partial charge in [-0.05, 0) is 31.5 Å². The molecule has 3 nitrogen and oxygen atoms in total. The largest absolute Gasteiger partial charge is 0.508 e. The van der Waals surface area contributed by atoms with Crippen LogP contribution in [0.15, 0.2) is 35.9 Å². The number of aromatic hydroxyl groups is 1. The fraction of sp³-hybridized carbons (Fsp3) is 0.308. The van der Waals surface area contributed by atoms with Crippen molar-refractivity contribution in [2.45, 2.75) is 26.2 Å². The van der Waals surface area contributed by atoms with E-state index in [0.717, 1.165) is 11.1 Å². The first-order valence-electron chi connectivity index (χ1n) is 5.15. The second kappa shape index (κ2) is 5.35. The van der Waals surface area contributed by atoms with Crippen molar-refractivity contribution in [1.29, 1.82) is 0 Å². The molecular weight excluding hydrogens is 204 g/mol. The first kappa shape index (κ1) is 12.3. The monoisotopic (exact) mass is 220 g/mol. The summed E-state index contributed by atoms with van der Waals surface area (Å²) in [6, 6.07) is 6.65. The van der Waals surface area contributed by atoms with Crippen LogP contribution in [-0.2, 0) is 4.79 Å². The van der Waals surface area contributed by atoms with Gasteiger partial charge in [0.1, 0.15) is 5.75 Å². The van der Waals surface area contributed by atoms with E-state index in [9.17, 15) is 9.90 Å². The SMILES string of the molecule is CC(C)=C[C@H](CC(=O)O)c1ccc(O)cc1. The minimum Gasteiger partial charge on any atom is -0.508 e. The van der Waals surface area contributed by atoms with Gasteiger partial charge in [0.15, 0.2) is 0 Å². The number of carbonyl (C=O) groups is 1. The third-order valence-corrected chi connectivity index (χ3v) is 2.25. The molecule has 0 aromatic heterocycles. The van der Waals surface area contributed by atoms with Crippen LogP contribution >= 0.6 is 0 Å². The maximum atomic E-state index is 10.8. The molecular formula is C13H16O3. The quantitative estimate of drug-likeness (QED) is 0.767. The van der Waals surface area contributed by atoms with Crippen molar-refractivity contribution in [2.24, 2.45) is 0 Å². The Morgan fingerprint density at radius 3 is 2.31 bits per heavy atom. The van der Waals surface area contributed by atoms with Gasteiger partial charge in [0.05, 0.1) is 6.42 Å². The first-order chi connectivity index (χ1) is 7.49. The minimum atomic E-state index is -0.824. The van der Waals surface area contributed by atoms with Crippen LogP contribution in [0.2, 0.25) is 0 Å². The van der Waals surface area contributed by atoms with E-state index in [1.807, 2.05) is 19.9 Å². The number of rotatable bonds is 4.